The average Bonchev–Trinajstić information content (AvgIpc) is 2.73. The van der Waals surface area contributed by atoms with Crippen LogP contribution in [0.3, 0.4) is 0 Å². The van der Waals surface area contributed by atoms with Crippen molar-refractivity contribution < 1.29 is 4.79 Å². The van der Waals surface area contributed by atoms with Gasteiger partial charge in [0.1, 0.15) is 0 Å². The highest BCUT2D eigenvalue weighted by Crippen LogP contribution is 2.22. The zero-order valence-corrected chi connectivity index (χ0v) is 13.9. The molecule has 1 fully saturated rings. The van der Waals surface area contributed by atoms with E-state index in [1.165, 1.54) is 22.2 Å². The molecule has 4 nitrogen and oxygen atoms in total. The smallest absolute Gasteiger partial charge is 0.223 e. The molecule has 0 aliphatic carbocycles. The Bertz CT molecular complexity index is 648. The first-order valence-corrected chi connectivity index (χ1v) is 7.71. The Morgan fingerprint density at radius 2 is 2.09 bits per heavy atom. The molecule has 5 heteroatoms. The van der Waals surface area contributed by atoms with Gasteiger partial charge in [-0.15, -0.1) is 12.4 Å². The van der Waals surface area contributed by atoms with Crippen LogP contribution in [0.2, 0.25) is 0 Å². The summed E-state index contributed by atoms with van der Waals surface area (Å²) in [6.07, 6.45) is 0.872. The van der Waals surface area contributed by atoms with Crippen molar-refractivity contribution in [3.8, 4) is 0 Å². The predicted molar refractivity (Wildman–Crippen MR) is 92.5 cm³/mol. The van der Waals surface area contributed by atoms with Crippen molar-refractivity contribution in [2.24, 2.45) is 11.8 Å². The van der Waals surface area contributed by atoms with Crippen LogP contribution in [-0.4, -0.2) is 30.5 Å². The van der Waals surface area contributed by atoms with Crippen molar-refractivity contribution in [1.29, 1.82) is 0 Å². The number of nitrogens with one attached hydrogen (secondary N) is 3. The summed E-state index contributed by atoms with van der Waals surface area (Å²) >= 11 is 0. The fourth-order valence-corrected chi connectivity index (χ4v) is 3.01. The SMILES string of the molecule is Cc1[nH]c2ccccc2c1CCNC(=O)C(C)C1CNC1.Cl. The minimum Gasteiger partial charge on any atom is -0.358 e. The molecule has 0 saturated carbocycles. The molecule has 0 spiro atoms. The van der Waals surface area contributed by atoms with E-state index in [0.29, 0.717) is 12.5 Å². The first-order chi connectivity index (χ1) is 10.2. The van der Waals surface area contributed by atoms with Crippen molar-refractivity contribution in [1.82, 2.24) is 15.6 Å². The first-order valence-electron chi connectivity index (χ1n) is 7.71. The van der Waals surface area contributed by atoms with Gasteiger partial charge in [-0.25, -0.2) is 0 Å². The Balaban J connectivity index is 0.00000176. The molecule has 3 N–H and O–H groups in total. The van der Waals surface area contributed by atoms with Gasteiger partial charge in [-0.1, -0.05) is 25.1 Å². The van der Waals surface area contributed by atoms with Crippen molar-refractivity contribution >= 4 is 29.2 Å². The topological polar surface area (TPSA) is 56.9 Å². The Labute approximate surface area is 137 Å². The lowest BCUT2D eigenvalue weighted by Crippen LogP contribution is -2.49. The zero-order chi connectivity index (χ0) is 14.8. The molecule has 1 aliphatic rings. The maximum atomic E-state index is 12.1. The van der Waals surface area contributed by atoms with Crippen molar-refractivity contribution in [2.75, 3.05) is 19.6 Å². The number of carbonyl (C=O) groups is 1. The van der Waals surface area contributed by atoms with Crippen molar-refractivity contribution in [3.63, 3.8) is 0 Å². The summed E-state index contributed by atoms with van der Waals surface area (Å²) in [4.78, 5) is 15.5. The lowest BCUT2D eigenvalue weighted by atomic mass is 9.88. The average molecular weight is 322 g/mol. The summed E-state index contributed by atoms with van der Waals surface area (Å²) in [7, 11) is 0. The second-order valence-corrected chi connectivity index (χ2v) is 6.02. The molecule has 1 amide bonds. The molecule has 1 saturated heterocycles. The molecule has 1 unspecified atom stereocenters. The summed E-state index contributed by atoms with van der Waals surface area (Å²) in [5, 5.41) is 7.56. The molecule has 2 heterocycles. The normalized spacial score (nSPS) is 15.9. The van der Waals surface area contributed by atoms with Gasteiger partial charge >= 0.3 is 0 Å². The lowest BCUT2D eigenvalue weighted by Gasteiger charge is -2.31. The van der Waals surface area contributed by atoms with E-state index in [2.05, 4.69) is 40.7 Å². The molecule has 2 aromatic rings. The van der Waals surface area contributed by atoms with Gasteiger partial charge in [-0.3, -0.25) is 4.79 Å². The number of benzene rings is 1. The number of para-hydroxylation sites is 1. The van der Waals surface area contributed by atoms with Gasteiger partial charge in [0.15, 0.2) is 0 Å². The van der Waals surface area contributed by atoms with Gasteiger partial charge in [0.2, 0.25) is 5.91 Å². The van der Waals surface area contributed by atoms with Crippen LogP contribution in [0.15, 0.2) is 24.3 Å². The quantitative estimate of drug-likeness (QED) is 0.792. The fourth-order valence-electron chi connectivity index (χ4n) is 3.01. The van der Waals surface area contributed by atoms with Crippen LogP contribution in [0.5, 0.6) is 0 Å². The second kappa shape index (κ2) is 7.16. The van der Waals surface area contributed by atoms with E-state index in [-0.39, 0.29) is 24.2 Å². The van der Waals surface area contributed by atoms with E-state index in [1.54, 1.807) is 0 Å². The minimum atomic E-state index is 0. The summed E-state index contributed by atoms with van der Waals surface area (Å²) in [6.45, 7) is 6.76. The molecule has 1 aromatic carbocycles. The molecule has 120 valence electrons. The van der Waals surface area contributed by atoms with Crippen LogP contribution >= 0.6 is 12.4 Å². The molecular weight excluding hydrogens is 298 g/mol. The number of hydrogen-bond donors (Lipinski definition) is 3. The van der Waals surface area contributed by atoms with Crippen LogP contribution in [-0.2, 0) is 11.2 Å². The molecular formula is C17H24ClN3O. The van der Waals surface area contributed by atoms with E-state index in [4.69, 9.17) is 0 Å². The standard InChI is InChI=1S/C17H23N3O.ClH/c1-11(13-9-18-10-13)17(21)19-8-7-14-12(2)20-16-6-4-3-5-15(14)16;/h3-6,11,13,18,20H,7-10H2,1-2H3,(H,19,21);1H. The van der Waals surface area contributed by atoms with Gasteiger partial charge in [0.05, 0.1) is 0 Å². The highest BCUT2D eigenvalue weighted by molar-refractivity contribution is 5.85. The number of halogens is 1. The maximum absolute atomic E-state index is 12.1. The van der Waals surface area contributed by atoms with Crippen LogP contribution in [0, 0.1) is 18.8 Å². The van der Waals surface area contributed by atoms with Gasteiger partial charge in [0, 0.05) is 29.1 Å². The number of rotatable bonds is 5. The number of amides is 1. The fraction of sp³-hybridized carbons (Fsp3) is 0.471. The van der Waals surface area contributed by atoms with E-state index in [1.807, 2.05) is 13.0 Å². The highest BCUT2D eigenvalue weighted by atomic mass is 35.5. The van der Waals surface area contributed by atoms with Gasteiger partial charge in [-0.05, 0) is 44.0 Å². The molecule has 1 atom stereocenters. The van der Waals surface area contributed by atoms with Gasteiger partial charge in [0.25, 0.3) is 0 Å². The maximum Gasteiger partial charge on any atom is 0.223 e. The molecule has 0 bridgehead atoms. The molecule has 3 rings (SSSR count). The third-order valence-electron chi connectivity index (χ3n) is 4.63. The Morgan fingerprint density at radius 1 is 1.36 bits per heavy atom. The van der Waals surface area contributed by atoms with Crippen LogP contribution in [0.1, 0.15) is 18.2 Å². The predicted octanol–water partition coefficient (Wildman–Crippen LogP) is 2.41. The van der Waals surface area contributed by atoms with E-state index < -0.39 is 0 Å². The van der Waals surface area contributed by atoms with Gasteiger partial charge in [-0.2, -0.15) is 0 Å². The number of H-pyrrole nitrogens is 1. The molecule has 1 aliphatic heterocycles. The van der Waals surface area contributed by atoms with E-state index in [9.17, 15) is 4.79 Å². The number of fused-ring (bicyclic) bond motifs is 1. The Kier molecular flexibility index (Phi) is 5.48. The number of aryl methyl sites for hydroxylation is 1. The summed E-state index contributed by atoms with van der Waals surface area (Å²) in [5.74, 6) is 0.786. The first kappa shape index (κ1) is 16.8. The second-order valence-electron chi connectivity index (χ2n) is 6.02. The number of hydrogen-bond acceptors (Lipinski definition) is 2. The number of aromatic amines is 1. The molecule has 22 heavy (non-hydrogen) atoms. The Hall–Kier alpha value is -1.52. The summed E-state index contributed by atoms with van der Waals surface area (Å²) < 4.78 is 0. The molecule has 1 aromatic heterocycles. The van der Waals surface area contributed by atoms with Gasteiger partial charge < -0.3 is 15.6 Å². The third kappa shape index (κ3) is 3.28. The minimum absolute atomic E-state index is 0. The number of aromatic nitrogens is 1. The van der Waals surface area contributed by atoms with E-state index >= 15 is 0 Å². The largest absolute Gasteiger partial charge is 0.358 e. The monoisotopic (exact) mass is 321 g/mol. The molecule has 0 radical (unpaired) electrons. The van der Waals surface area contributed by atoms with Crippen LogP contribution in [0.25, 0.3) is 10.9 Å². The lowest BCUT2D eigenvalue weighted by molar-refractivity contribution is -0.126. The zero-order valence-electron chi connectivity index (χ0n) is 13.1. The Morgan fingerprint density at radius 3 is 2.77 bits per heavy atom. The van der Waals surface area contributed by atoms with E-state index in [0.717, 1.165) is 19.5 Å². The van der Waals surface area contributed by atoms with Crippen molar-refractivity contribution in [2.45, 2.75) is 20.3 Å². The summed E-state index contributed by atoms with van der Waals surface area (Å²) in [6, 6.07) is 8.33. The number of carbonyl (C=O) groups excluding carboxylic acids is 1. The summed E-state index contributed by atoms with van der Waals surface area (Å²) in [5.41, 5.74) is 3.68. The third-order valence-corrected chi connectivity index (χ3v) is 4.63. The van der Waals surface area contributed by atoms with Crippen LogP contribution < -0.4 is 10.6 Å². The van der Waals surface area contributed by atoms with Crippen molar-refractivity contribution in [3.05, 3.63) is 35.5 Å². The van der Waals surface area contributed by atoms with Crippen LogP contribution in [0.4, 0.5) is 0 Å². The highest BCUT2D eigenvalue weighted by Gasteiger charge is 2.28.